The number of fused-ring (bicyclic) bond motifs is 1. The highest BCUT2D eigenvalue weighted by atomic mass is 16.1. The highest BCUT2D eigenvalue weighted by Crippen LogP contribution is 2.39. The third kappa shape index (κ3) is 5.01. The van der Waals surface area contributed by atoms with Crippen LogP contribution in [0.5, 0.6) is 0 Å². The predicted molar refractivity (Wildman–Crippen MR) is 153 cm³/mol. The summed E-state index contributed by atoms with van der Waals surface area (Å²) in [5, 5.41) is 8.23. The Labute approximate surface area is 227 Å². The first-order valence-electron chi connectivity index (χ1n) is 13.1. The van der Waals surface area contributed by atoms with Crippen molar-refractivity contribution in [2.75, 3.05) is 20.1 Å². The molecule has 0 radical (unpaired) electrons. The fourth-order valence-corrected chi connectivity index (χ4v) is 5.66. The van der Waals surface area contributed by atoms with Crippen LogP contribution in [0.25, 0.3) is 33.4 Å². The number of ketones is 1. The van der Waals surface area contributed by atoms with Crippen molar-refractivity contribution in [3.63, 3.8) is 0 Å². The van der Waals surface area contributed by atoms with Crippen LogP contribution in [0, 0.1) is 12.8 Å². The molecule has 2 atom stereocenters. The normalized spacial score (nSPS) is 17.5. The molecule has 194 valence electrons. The molecule has 0 amide bonds. The Balaban J connectivity index is 1.23. The monoisotopic (exact) mass is 514 g/mol. The van der Waals surface area contributed by atoms with Crippen molar-refractivity contribution >= 4 is 16.8 Å². The van der Waals surface area contributed by atoms with Crippen LogP contribution < -0.4 is 0 Å². The van der Waals surface area contributed by atoms with E-state index in [1.54, 1.807) is 12.4 Å². The number of pyridine rings is 3. The van der Waals surface area contributed by atoms with Crippen molar-refractivity contribution in [2.24, 2.45) is 5.92 Å². The van der Waals surface area contributed by atoms with Gasteiger partial charge >= 0.3 is 0 Å². The largest absolute Gasteiger partial charge is 0.305 e. The SMILES string of the molecule is C=C(CC(=O)c1cnc2n[nH]c(-c3ccnc(C)c3)c2c1)[C@@H]1CN(C)C[C@H]1c1cccc(-c2ccncc2)c1. The van der Waals surface area contributed by atoms with E-state index in [1.165, 1.54) is 11.1 Å². The standard InChI is InChI=1S/C32H30N6O/c1-20(28-18-38(3)19-29(28)24-6-4-5-23(15-24)22-7-10-33-11-8-22)13-30(39)26-16-27-31(36-37-32(27)35-17-26)25-9-12-34-21(2)14-25/h4-12,14-17,28-29H,1,13,18-19H2,2-3H3,(H,35,36,37)/t28-,29-/m0/s1. The minimum atomic E-state index is 0.0197. The molecule has 5 aromatic rings. The van der Waals surface area contributed by atoms with E-state index in [0.29, 0.717) is 11.2 Å². The maximum absolute atomic E-state index is 13.5. The Morgan fingerprint density at radius 2 is 1.82 bits per heavy atom. The van der Waals surface area contributed by atoms with Gasteiger partial charge in [-0.2, -0.15) is 5.10 Å². The van der Waals surface area contributed by atoms with Gasteiger partial charge in [0.15, 0.2) is 11.4 Å². The van der Waals surface area contributed by atoms with Crippen LogP contribution in [0.2, 0.25) is 0 Å². The average Bonchev–Trinajstić information content (AvgIpc) is 3.57. The Kier molecular flexibility index (Phi) is 6.59. The van der Waals surface area contributed by atoms with Gasteiger partial charge in [-0.15, -0.1) is 0 Å². The van der Waals surface area contributed by atoms with E-state index in [2.05, 4.69) is 67.9 Å². The lowest BCUT2D eigenvalue weighted by molar-refractivity contribution is 0.0989. The first kappa shape index (κ1) is 24.8. The van der Waals surface area contributed by atoms with E-state index < -0.39 is 0 Å². The molecule has 39 heavy (non-hydrogen) atoms. The second-order valence-electron chi connectivity index (χ2n) is 10.4. The molecule has 1 saturated heterocycles. The molecular formula is C32H30N6O. The number of H-pyrrole nitrogens is 1. The minimum Gasteiger partial charge on any atom is -0.305 e. The van der Waals surface area contributed by atoms with Gasteiger partial charge in [0, 0.05) is 78.3 Å². The lowest BCUT2D eigenvalue weighted by atomic mass is 9.81. The second kappa shape index (κ2) is 10.3. The van der Waals surface area contributed by atoms with Gasteiger partial charge in [-0.1, -0.05) is 36.4 Å². The fourth-order valence-electron chi connectivity index (χ4n) is 5.66. The maximum atomic E-state index is 13.5. The molecule has 7 nitrogen and oxygen atoms in total. The molecule has 1 N–H and O–H groups in total. The molecule has 1 aliphatic heterocycles. The third-order valence-electron chi connectivity index (χ3n) is 7.66. The van der Waals surface area contributed by atoms with Crippen LogP contribution in [0.4, 0.5) is 0 Å². The van der Waals surface area contributed by atoms with Gasteiger partial charge in [-0.3, -0.25) is 19.9 Å². The Morgan fingerprint density at radius 3 is 2.64 bits per heavy atom. The lowest BCUT2D eigenvalue weighted by Crippen LogP contribution is -2.16. The molecule has 1 fully saturated rings. The summed E-state index contributed by atoms with van der Waals surface area (Å²) < 4.78 is 0. The first-order chi connectivity index (χ1) is 19.0. The number of carbonyl (C=O) groups is 1. The number of hydrogen-bond acceptors (Lipinski definition) is 6. The van der Waals surface area contributed by atoms with E-state index in [4.69, 9.17) is 0 Å². The van der Waals surface area contributed by atoms with Gasteiger partial charge < -0.3 is 4.90 Å². The number of Topliss-reactive ketones (excluding diaryl/α,β-unsaturated/α-hetero) is 1. The smallest absolute Gasteiger partial charge is 0.181 e. The van der Waals surface area contributed by atoms with E-state index >= 15 is 0 Å². The molecule has 0 saturated carbocycles. The van der Waals surface area contributed by atoms with Gasteiger partial charge in [-0.25, -0.2) is 4.98 Å². The number of likely N-dealkylation sites (N-methyl/N-ethyl adjacent to an activating group) is 1. The fraction of sp³-hybridized carbons (Fsp3) is 0.219. The van der Waals surface area contributed by atoms with Gasteiger partial charge in [-0.05, 0) is 61.0 Å². The molecule has 6 rings (SSSR count). The molecule has 7 heteroatoms. The number of aromatic amines is 1. The molecular weight excluding hydrogens is 484 g/mol. The number of nitrogens with zero attached hydrogens (tertiary/aromatic N) is 5. The molecule has 0 unspecified atom stereocenters. The van der Waals surface area contributed by atoms with Gasteiger partial charge in [0.2, 0.25) is 0 Å². The van der Waals surface area contributed by atoms with Crippen molar-refractivity contribution in [1.82, 2.24) is 30.0 Å². The van der Waals surface area contributed by atoms with Crippen LogP contribution >= 0.6 is 0 Å². The number of aromatic nitrogens is 5. The molecule has 0 spiro atoms. The van der Waals surface area contributed by atoms with E-state index in [0.717, 1.165) is 46.6 Å². The summed E-state index contributed by atoms with van der Waals surface area (Å²) in [5.74, 6) is 0.479. The number of likely N-dealkylation sites (tertiary alicyclic amines) is 1. The average molecular weight is 515 g/mol. The topological polar surface area (TPSA) is 87.7 Å². The number of aryl methyl sites for hydroxylation is 1. The van der Waals surface area contributed by atoms with Crippen molar-refractivity contribution in [2.45, 2.75) is 19.3 Å². The predicted octanol–water partition coefficient (Wildman–Crippen LogP) is 5.86. The van der Waals surface area contributed by atoms with E-state index in [1.807, 2.05) is 49.6 Å². The van der Waals surface area contributed by atoms with E-state index in [-0.39, 0.29) is 24.0 Å². The number of nitrogens with one attached hydrogen (secondary N) is 1. The first-order valence-corrected chi connectivity index (χ1v) is 13.1. The molecule has 1 aromatic carbocycles. The van der Waals surface area contributed by atoms with Crippen LogP contribution in [0.15, 0.2) is 91.5 Å². The Bertz CT molecular complexity index is 1670. The summed E-state index contributed by atoms with van der Waals surface area (Å²) in [4.78, 5) is 28.7. The number of benzene rings is 1. The van der Waals surface area contributed by atoms with Crippen molar-refractivity contribution < 1.29 is 4.79 Å². The zero-order valence-corrected chi connectivity index (χ0v) is 22.1. The zero-order chi connectivity index (χ0) is 26.9. The number of carbonyl (C=O) groups excluding carboxylic acids is 1. The second-order valence-corrected chi connectivity index (χ2v) is 10.4. The minimum absolute atomic E-state index is 0.0197. The summed E-state index contributed by atoms with van der Waals surface area (Å²) in [6, 6.07) is 18.6. The highest BCUT2D eigenvalue weighted by molar-refractivity contribution is 6.02. The van der Waals surface area contributed by atoms with Gasteiger partial charge in [0.1, 0.15) is 0 Å². The molecule has 5 heterocycles. The van der Waals surface area contributed by atoms with Crippen molar-refractivity contribution in [3.05, 3.63) is 108 Å². The Hall–Kier alpha value is -4.49. The van der Waals surface area contributed by atoms with Crippen molar-refractivity contribution in [1.29, 1.82) is 0 Å². The summed E-state index contributed by atoms with van der Waals surface area (Å²) in [5.41, 5.74) is 8.41. The summed E-state index contributed by atoms with van der Waals surface area (Å²) in [7, 11) is 2.13. The highest BCUT2D eigenvalue weighted by Gasteiger charge is 2.34. The molecule has 0 aliphatic carbocycles. The summed E-state index contributed by atoms with van der Waals surface area (Å²) in [6.45, 7) is 8.17. The van der Waals surface area contributed by atoms with Crippen LogP contribution in [-0.4, -0.2) is 56.0 Å². The van der Waals surface area contributed by atoms with Gasteiger partial charge in [0.25, 0.3) is 0 Å². The lowest BCUT2D eigenvalue weighted by Gasteiger charge is -2.22. The van der Waals surface area contributed by atoms with Crippen molar-refractivity contribution in [3.8, 4) is 22.4 Å². The maximum Gasteiger partial charge on any atom is 0.181 e. The van der Waals surface area contributed by atoms with E-state index in [9.17, 15) is 4.79 Å². The number of rotatable bonds is 7. The van der Waals surface area contributed by atoms with Crippen LogP contribution in [0.3, 0.4) is 0 Å². The molecule has 4 aromatic heterocycles. The molecule has 1 aliphatic rings. The quantitative estimate of drug-likeness (QED) is 0.216. The summed E-state index contributed by atoms with van der Waals surface area (Å²) >= 11 is 0. The summed E-state index contributed by atoms with van der Waals surface area (Å²) in [6.07, 6.45) is 7.31. The number of hydrogen-bond donors (Lipinski definition) is 1. The van der Waals surface area contributed by atoms with Gasteiger partial charge in [0.05, 0.1) is 5.69 Å². The Morgan fingerprint density at radius 1 is 1.00 bits per heavy atom. The molecule has 0 bridgehead atoms. The zero-order valence-electron chi connectivity index (χ0n) is 22.1. The van der Waals surface area contributed by atoms with Crippen LogP contribution in [0.1, 0.15) is 34.0 Å². The third-order valence-corrected chi connectivity index (χ3v) is 7.66. The van der Waals surface area contributed by atoms with Crippen LogP contribution in [-0.2, 0) is 0 Å².